The van der Waals surface area contributed by atoms with Gasteiger partial charge in [-0.1, -0.05) is 31.2 Å². The van der Waals surface area contributed by atoms with E-state index < -0.39 is 12.0 Å². The van der Waals surface area contributed by atoms with Crippen molar-refractivity contribution < 1.29 is 292 Å². The molecular formula is C80H123Cl4N13O20Y6-2. The second-order valence-electron chi connectivity index (χ2n) is 25.2. The molecule has 1 unspecified atom stereocenters. The number of ether oxygens (including phenoxy) is 4. The Bertz CT molecular complexity index is 3260. The molecule has 5 rings (SSSR count). The van der Waals surface area contributed by atoms with Gasteiger partial charge in [0.15, 0.2) is 5.91 Å². The van der Waals surface area contributed by atoms with Crippen molar-refractivity contribution in [2.45, 2.75) is 129 Å². The average Bonchev–Trinajstić information content (AvgIpc) is 1.86. The number of nitrogens with one attached hydrogen (secondary N) is 8. The number of halogens is 4. The Balaban J connectivity index is -0.000000218. The van der Waals surface area contributed by atoms with Crippen LogP contribution in [0.3, 0.4) is 0 Å². The fourth-order valence-electron chi connectivity index (χ4n) is 9.91. The second kappa shape index (κ2) is 91.4. The van der Waals surface area contributed by atoms with Gasteiger partial charge in [-0.2, -0.15) is 0 Å². The van der Waals surface area contributed by atoms with E-state index in [-0.39, 0.29) is 324 Å². The standard InChI is InChI=1S/C24H37Cl2N3O5.C18H28Cl2N2O2.C9H12N2O3.C8H10N2O3.C8H9N2O3.C7H15NO2.C6H12NO2.6Y/c1-34-18-12-22(30)27-15-3-2-6-21(24(32)33)28-23(31)7-4-5-19-8-10-20(11-9-19)29(16-13-25)17-14-26;1-24-15-3-12-21-18(23)5-2-4-16-6-8-17(9-7-16)22(13-10-19)14-11-20;1-2-10-7(12)5-6-11-8(13)3-4-9(11)14;2*1-9-6(11)4-5-10-7(12)2-3-8(10)13;1-3-5-8-7(9)4-6-10-2;1-3-7-6(8)4-5-9-2;;;;;;/h8-11,21H,2-7,12-18H2,1H3,(H,27,30)(H,28,31)(H,32,33);6-9H,2-5,10-15H2,1H3,(H,21,23);3-4H,2,5-6H2,1H3,(H,10,12);2-3H,4-5H2,1H3,(H,9,11);2-3H,1,4-5H2,(H,9,11);3-6H2,1-2H3,(H,8,9);1,3-5H2,2H3,(H,7,8);;;;;;/q;;;;-1;;-1;;;;;;. The number of rotatable bonds is 51. The van der Waals surface area contributed by atoms with E-state index in [4.69, 9.17) is 60.6 Å². The molecule has 0 aliphatic carbocycles. The number of imide groups is 3. The molecule has 43 heteroatoms. The van der Waals surface area contributed by atoms with E-state index in [9.17, 15) is 77.0 Å². The molecule has 2 aromatic carbocycles. The summed E-state index contributed by atoms with van der Waals surface area (Å²) in [5, 5.41) is 30.1. The maximum absolute atomic E-state index is 12.2. The molecule has 0 fully saturated rings. The van der Waals surface area contributed by atoms with Crippen molar-refractivity contribution in [1.29, 1.82) is 0 Å². The molecule has 1 atom stereocenters. The topological polar surface area (TPSA) is 426 Å². The van der Waals surface area contributed by atoms with Crippen molar-refractivity contribution in [3.8, 4) is 0 Å². The number of aliphatic carboxylic acids is 1. The zero-order chi connectivity index (χ0) is 88.0. The number of alkyl halides is 4. The minimum Gasteiger partial charge on any atom is -0.508 e. The predicted octanol–water partition coefficient (Wildman–Crippen LogP) is 4.83. The number of hydrogen-bond acceptors (Lipinski definition) is 21. The van der Waals surface area contributed by atoms with Crippen LogP contribution in [-0.2, 0) is 300 Å². The summed E-state index contributed by atoms with van der Waals surface area (Å²) in [4.78, 5) is 174. The van der Waals surface area contributed by atoms with Crippen molar-refractivity contribution in [3.63, 3.8) is 0 Å². The van der Waals surface area contributed by atoms with Gasteiger partial charge in [0.2, 0.25) is 41.4 Å². The quantitative estimate of drug-likeness (QED) is 0.0185. The fourth-order valence-corrected chi connectivity index (χ4v) is 10.7. The summed E-state index contributed by atoms with van der Waals surface area (Å²) in [7, 11) is 11.0. The summed E-state index contributed by atoms with van der Waals surface area (Å²) in [6, 6.07) is 15.6. The third kappa shape index (κ3) is 71.9. The largest absolute Gasteiger partial charge is 0.508 e. The van der Waals surface area contributed by atoms with E-state index in [0.717, 1.165) is 96.5 Å². The summed E-state index contributed by atoms with van der Waals surface area (Å²) in [6.45, 7) is 15.7. The first-order valence-electron chi connectivity index (χ1n) is 38.6. The molecule has 3 heterocycles. The molecule has 0 spiro atoms. The summed E-state index contributed by atoms with van der Waals surface area (Å²) in [5.74, 6) is -1.82. The number of carbonyl (C=O) groups is 15. The van der Waals surface area contributed by atoms with E-state index >= 15 is 0 Å². The third-order valence-corrected chi connectivity index (χ3v) is 16.9. The van der Waals surface area contributed by atoms with E-state index in [0.29, 0.717) is 127 Å². The van der Waals surface area contributed by atoms with Crippen LogP contribution in [0.25, 0.3) is 0 Å². The molecule has 6 radical (unpaired) electrons. The van der Waals surface area contributed by atoms with E-state index in [2.05, 4.69) is 95.3 Å². The van der Waals surface area contributed by atoms with Crippen LogP contribution in [0.1, 0.15) is 121 Å². The molecule has 123 heavy (non-hydrogen) atoms. The first-order chi connectivity index (χ1) is 56.2. The number of unbranched alkanes of at least 4 members (excludes halogenated alkanes) is 1. The van der Waals surface area contributed by atoms with Gasteiger partial charge >= 0.3 is 5.97 Å². The predicted molar refractivity (Wildman–Crippen MR) is 451 cm³/mol. The number of carboxylic acid groups (broad SMARTS) is 1. The molecular weight excluding hydrogens is 2140 g/mol. The smallest absolute Gasteiger partial charge is 0.326 e. The summed E-state index contributed by atoms with van der Waals surface area (Å²) < 4.78 is 19.2. The Morgan fingerprint density at radius 3 is 1.07 bits per heavy atom. The van der Waals surface area contributed by atoms with E-state index in [1.54, 1.807) is 21.3 Å². The number of methoxy groups -OCH3 is 4. The van der Waals surface area contributed by atoms with Crippen LogP contribution in [0.4, 0.5) is 11.4 Å². The maximum Gasteiger partial charge on any atom is 0.326 e. The number of carbonyl (C=O) groups excluding carboxylic acids is 14. The van der Waals surface area contributed by atoms with Gasteiger partial charge < -0.3 is 83.3 Å². The molecule has 3 aliphatic heterocycles. The Hall–Kier alpha value is -2.47. The molecule has 33 nitrogen and oxygen atoms in total. The fraction of sp³-hybridized carbons (Fsp3) is 0.562. The van der Waals surface area contributed by atoms with Gasteiger partial charge in [0.05, 0.1) is 19.8 Å². The van der Waals surface area contributed by atoms with Gasteiger partial charge in [-0.15, -0.1) is 52.9 Å². The molecule has 9 N–H and O–H groups in total. The average molecular weight is 2260 g/mol. The van der Waals surface area contributed by atoms with E-state index in [1.807, 2.05) is 38.1 Å². The molecule has 2 aromatic rings. The van der Waals surface area contributed by atoms with Crippen LogP contribution >= 0.6 is 46.4 Å². The molecule has 676 valence electrons. The first kappa shape index (κ1) is 136. The van der Waals surface area contributed by atoms with Crippen LogP contribution in [0.15, 0.2) is 85.0 Å². The molecule has 0 saturated heterocycles. The van der Waals surface area contributed by atoms with Gasteiger partial charge in [0, 0.05) is 433 Å². The number of amides is 14. The van der Waals surface area contributed by atoms with Gasteiger partial charge in [-0.05, 0) is 100 Å². The SMILES string of the molecule is CCCNC(=O)CCOC.CCNC(=O)CCN1C(=O)C=CC1=O.CNC(=O)CCN1C(=O)C=CC1=O.COCCC(=O)NCCCCC(NC(=O)CCCc1ccc(N(CCCl)CCCl)cc1)C(=O)O.COCCCNC(=O)CCCc1ccc(N(CCCl)CCCl)cc1.[CH2-]CNC(=O)CCOC.[CH2-]NC(=O)CCN1C(=O)C=CC1=O.[Y].[Y].[Y].[Y].[Y].[Y]. The summed E-state index contributed by atoms with van der Waals surface area (Å²) in [5.41, 5.74) is 4.54. The minimum absolute atomic E-state index is 0. The zero-order valence-corrected chi connectivity index (χ0v) is 92.2. The molecule has 0 saturated carbocycles. The van der Waals surface area contributed by atoms with Gasteiger partial charge in [-0.3, -0.25) is 88.9 Å². The van der Waals surface area contributed by atoms with Crippen LogP contribution in [0.5, 0.6) is 0 Å². The number of aryl methyl sites for hydroxylation is 2. The maximum atomic E-state index is 12.2. The molecule has 3 aliphatic rings. The van der Waals surface area contributed by atoms with Crippen molar-refractivity contribution in [3.05, 3.63) is 110 Å². The Morgan fingerprint density at radius 2 is 0.740 bits per heavy atom. The van der Waals surface area contributed by atoms with Crippen molar-refractivity contribution in [1.82, 2.24) is 57.2 Å². The Labute approximate surface area is 897 Å². The van der Waals surface area contributed by atoms with Crippen molar-refractivity contribution in [2.24, 2.45) is 0 Å². The zero-order valence-electron chi connectivity index (χ0n) is 72.2. The second-order valence-corrected chi connectivity index (χ2v) is 26.7. The number of carboxylic acids is 1. The number of hydrogen-bond donors (Lipinski definition) is 9. The molecule has 0 aromatic heterocycles. The van der Waals surface area contributed by atoms with Crippen LogP contribution in [0, 0.1) is 14.0 Å². The Morgan fingerprint density at radius 1 is 0.415 bits per heavy atom. The molecule has 0 bridgehead atoms. The molecule has 14 amide bonds. The van der Waals surface area contributed by atoms with Gasteiger partial charge in [0.25, 0.3) is 35.4 Å². The minimum atomic E-state index is -1.05. The normalized spacial score (nSPS) is 11.7. The van der Waals surface area contributed by atoms with Crippen LogP contribution in [-0.4, -0.2) is 278 Å². The first-order valence-corrected chi connectivity index (χ1v) is 40.7. The Kier molecular flexibility index (Phi) is 101. The van der Waals surface area contributed by atoms with E-state index in [1.165, 1.54) is 56.2 Å². The number of anilines is 2. The van der Waals surface area contributed by atoms with Gasteiger partial charge in [0.1, 0.15) is 6.04 Å². The van der Waals surface area contributed by atoms with Gasteiger partial charge in [-0.25, -0.2) is 4.79 Å². The summed E-state index contributed by atoms with van der Waals surface area (Å²) in [6.07, 6.45) is 16.1. The number of benzene rings is 2. The van der Waals surface area contributed by atoms with Crippen LogP contribution in [0.2, 0.25) is 0 Å². The third-order valence-electron chi connectivity index (χ3n) is 16.2. The summed E-state index contributed by atoms with van der Waals surface area (Å²) >= 11 is 23.4. The van der Waals surface area contributed by atoms with Crippen molar-refractivity contribution >= 4 is 146 Å². The monoisotopic (exact) mass is 2260 g/mol. The number of nitrogens with zero attached hydrogens (tertiary/aromatic N) is 5. The van der Waals surface area contributed by atoms with Crippen LogP contribution < -0.4 is 52.3 Å². The van der Waals surface area contributed by atoms with Crippen molar-refractivity contribution in [2.75, 3.05) is 174 Å².